The molecule has 0 N–H and O–H groups in total. The highest BCUT2D eigenvalue weighted by molar-refractivity contribution is 7.25. The molecule has 1 heterocycles. The summed E-state index contributed by atoms with van der Waals surface area (Å²) in [5, 5.41) is 7.69. The van der Waals surface area contributed by atoms with Gasteiger partial charge in [0.1, 0.15) is 0 Å². The molecule has 0 spiro atoms. The molecule has 0 aliphatic carbocycles. The maximum atomic E-state index is 2.42. The van der Waals surface area contributed by atoms with Crippen LogP contribution in [0.15, 0.2) is 224 Å². The molecule has 0 unspecified atom stereocenters. The van der Waals surface area contributed by atoms with Crippen molar-refractivity contribution < 1.29 is 0 Å². The average molecular weight is 756 g/mol. The molecule has 0 radical (unpaired) electrons. The largest absolute Gasteiger partial charge is 0.310 e. The molecule has 0 aliphatic heterocycles. The normalized spacial score (nSPS) is 11.4. The Morgan fingerprint density at radius 2 is 0.776 bits per heavy atom. The van der Waals surface area contributed by atoms with Crippen molar-refractivity contribution in [3.63, 3.8) is 0 Å². The Labute approximate surface area is 342 Å². The van der Waals surface area contributed by atoms with Crippen molar-refractivity contribution in [2.24, 2.45) is 0 Å². The minimum atomic E-state index is 1.09. The lowest BCUT2D eigenvalue weighted by atomic mass is 9.93. The summed E-state index contributed by atoms with van der Waals surface area (Å²) in [6, 6.07) is 82.0. The van der Waals surface area contributed by atoms with E-state index < -0.39 is 0 Å². The molecule has 0 fully saturated rings. The predicted molar refractivity (Wildman–Crippen MR) is 251 cm³/mol. The highest BCUT2D eigenvalue weighted by atomic mass is 32.1. The predicted octanol–water partition coefficient (Wildman–Crippen LogP) is 16.5. The molecule has 1 aromatic heterocycles. The molecule has 272 valence electrons. The Morgan fingerprint density at radius 3 is 1.52 bits per heavy atom. The number of anilines is 3. The summed E-state index contributed by atoms with van der Waals surface area (Å²) in [5.41, 5.74) is 12.9. The van der Waals surface area contributed by atoms with Crippen molar-refractivity contribution in [3.8, 4) is 44.5 Å². The molecule has 11 rings (SSSR count). The molecule has 0 amide bonds. The van der Waals surface area contributed by atoms with Gasteiger partial charge in [0.15, 0.2) is 0 Å². The van der Waals surface area contributed by atoms with Gasteiger partial charge in [-0.1, -0.05) is 164 Å². The zero-order valence-corrected chi connectivity index (χ0v) is 32.5. The molecule has 10 aromatic carbocycles. The van der Waals surface area contributed by atoms with Crippen LogP contribution in [0, 0.1) is 0 Å². The number of thiophene rings is 1. The van der Waals surface area contributed by atoms with E-state index >= 15 is 0 Å². The van der Waals surface area contributed by atoms with Crippen LogP contribution >= 0.6 is 11.3 Å². The lowest BCUT2D eigenvalue weighted by Gasteiger charge is -2.29. The molecule has 0 atom stereocenters. The Bertz CT molecular complexity index is 3250. The molecule has 58 heavy (non-hydrogen) atoms. The number of fused-ring (bicyclic) bond motifs is 6. The van der Waals surface area contributed by atoms with Gasteiger partial charge < -0.3 is 4.90 Å². The smallest absolute Gasteiger partial charge is 0.0540 e. The number of hydrogen-bond acceptors (Lipinski definition) is 2. The van der Waals surface area contributed by atoms with Crippen molar-refractivity contribution in [2.45, 2.75) is 0 Å². The van der Waals surface area contributed by atoms with Crippen molar-refractivity contribution in [3.05, 3.63) is 224 Å². The van der Waals surface area contributed by atoms with Gasteiger partial charge in [-0.3, -0.25) is 0 Å². The zero-order chi connectivity index (χ0) is 38.4. The van der Waals surface area contributed by atoms with Crippen molar-refractivity contribution in [1.82, 2.24) is 0 Å². The quantitative estimate of drug-likeness (QED) is 0.146. The molecule has 0 bridgehead atoms. The van der Waals surface area contributed by atoms with E-state index in [1.54, 1.807) is 0 Å². The van der Waals surface area contributed by atoms with E-state index in [9.17, 15) is 0 Å². The average Bonchev–Trinajstić information content (AvgIpc) is 3.68. The third kappa shape index (κ3) is 6.03. The van der Waals surface area contributed by atoms with Crippen LogP contribution in [0.1, 0.15) is 0 Å². The van der Waals surface area contributed by atoms with E-state index in [1.165, 1.54) is 86.2 Å². The van der Waals surface area contributed by atoms with Gasteiger partial charge in [-0.15, -0.1) is 11.3 Å². The first kappa shape index (κ1) is 34.0. The summed E-state index contributed by atoms with van der Waals surface area (Å²) in [6.07, 6.45) is 0. The van der Waals surface area contributed by atoms with Crippen LogP contribution in [0.4, 0.5) is 17.1 Å². The van der Waals surface area contributed by atoms with Gasteiger partial charge >= 0.3 is 0 Å². The highest BCUT2D eigenvalue weighted by Gasteiger charge is 2.20. The van der Waals surface area contributed by atoms with Crippen LogP contribution < -0.4 is 4.90 Å². The van der Waals surface area contributed by atoms with Crippen LogP contribution in [0.2, 0.25) is 0 Å². The molecular formula is C56H37NS. The van der Waals surface area contributed by atoms with Crippen LogP contribution in [-0.2, 0) is 0 Å². The summed E-state index contributed by atoms with van der Waals surface area (Å²) >= 11 is 1.86. The second-order valence-electron chi connectivity index (χ2n) is 14.9. The Hall–Kier alpha value is -7.26. The summed E-state index contributed by atoms with van der Waals surface area (Å²) < 4.78 is 2.64. The molecular weight excluding hydrogens is 719 g/mol. The van der Waals surface area contributed by atoms with E-state index in [-0.39, 0.29) is 0 Å². The molecule has 1 nitrogen and oxygen atoms in total. The van der Waals surface area contributed by atoms with Gasteiger partial charge in [-0.2, -0.15) is 0 Å². The number of hydrogen-bond donors (Lipinski definition) is 0. The van der Waals surface area contributed by atoms with Gasteiger partial charge in [0.25, 0.3) is 0 Å². The van der Waals surface area contributed by atoms with Gasteiger partial charge in [-0.05, 0) is 121 Å². The van der Waals surface area contributed by atoms with Crippen LogP contribution in [0.25, 0.3) is 86.2 Å². The van der Waals surface area contributed by atoms with Crippen molar-refractivity contribution in [1.29, 1.82) is 0 Å². The van der Waals surface area contributed by atoms with E-state index in [0.29, 0.717) is 0 Å². The minimum absolute atomic E-state index is 1.09. The standard InChI is InChI=1S/C56H37NS/c1-3-13-38(14-4-1)39-23-29-45(30-24-39)57(46-31-25-41(26-32-46)51-37-44-17-7-8-18-47(44)48-19-9-10-20-49(48)51)54-33-27-42(35-52(54)40-15-5-2-6-16-40)43-28-34-56-53(36-43)50-21-11-12-22-55(50)58-56/h1-37H. The van der Waals surface area contributed by atoms with Crippen LogP contribution in [0.5, 0.6) is 0 Å². The monoisotopic (exact) mass is 755 g/mol. The van der Waals surface area contributed by atoms with Gasteiger partial charge in [0.05, 0.1) is 5.69 Å². The first-order valence-corrected chi connectivity index (χ1v) is 20.6. The lowest BCUT2D eigenvalue weighted by Crippen LogP contribution is -2.11. The lowest BCUT2D eigenvalue weighted by molar-refractivity contribution is 1.28. The third-order valence-corrected chi connectivity index (χ3v) is 12.6. The second-order valence-corrected chi connectivity index (χ2v) is 16.0. The molecule has 11 aromatic rings. The fraction of sp³-hybridized carbons (Fsp3) is 0. The first-order valence-electron chi connectivity index (χ1n) is 19.8. The first-order chi connectivity index (χ1) is 28.7. The maximum absolute atomic E-state index is 2.42. The highest BCUT2D eigenvalue weighted by Crippen LogP contribution is 2.45. The Morgan fingerprint density at radius 1 is 0.276 bits per heavy atom. The Balaban J connectivity index is 1.08. The summed E-state index contributed by atoms with van der Waals surface area (Å²) in [6.45, 7) is 0. The van der Waals surface area contributed by atoms with Crippen molar-refractivity contribution >= 4 is 70.1 Å². The van der Waals surface area contributed by atoms with E-state index in [0.717, 1.165) is 17.1 Å². The number of rotatable bonds is 7. The second kappa shape index (κ2) is 14.4. The van der Waals surface area contributed by atoms with Gasteiger partial charge in [0, 0.05) is 37.1 Å². The fourth-order valence-corrected chi connectivity index (χ4v) is 9.70. The molecule has 2 heteroatoms. The van der Waals surface area contributed by atoms with E-state index in [1.807, 2.05) is 11.3 Å². The topological polar surface area (TPSA) is 3.24 Å². The minimum Gasteiger partial charge on any atom is -0.310 e. The summed E-state index contributed by atoms with van der Waals surface area (Å²) in [7, 11) is 0. The Kier molecular flexibility index (Phi) is 8.42. The fourth-order valence-electron chi connectivity index (χ4n) is 8.61. The van der Waals surface area contributed by atoms with Gasteiger partial charge in [-0.25, -0.2) is 0 Å². The molecule has 0 saturated carbocycles. The molecule has 0 aliphatic rings. The van der Waals surface area contributed by atoms with Crippen molar-refractivity contribution in [2.75, 3.05) is 4.90 Å². The zero-order valence-electron chi connectivity index (χ0n) is 31.7. The van der Waals surface area contributed by atoms with Crippen LogP contribution in [0.3, 0.4) is 0 Å². The summed E-state index contributed by atoms with van der Waals surface area (Å²) in [5.74, 6) is 0. The number of benzene rings is 10. The van der Waals surface area contributed by atoms with E-state index in [2.05, 4.69) is 229 Å². The summed E-state index contributed by atoms with van der Waals surface area (Å²) in [4.78, 5) is 2.42. The van der Waals surface area contributed by atoms with Crippen LogP contribution in [-0.4, -0.2) is 0 Å². The third-order valence-electron chi connectivity index (χ3n) is 11.5. The molecule has 0 saturated heterocycles. The number of nitrogens with zero attached hydrogens (tertiary/aromatic N) is 1. The van der Waals surface area contributed by atoms with E-state index in [4.69, 9.17) is 0 Å². The maximum Gasteiger partial charge on any atom is 0.0540 e. The SMILES string of the molecule is c1ccc(-c2ccc(N(c3ccc(-c4cc5ccccc5c5ccccc45)cc3)c3ccc(-c4ccc5sc6ccccc6c5c4)cc3-c3ccccc3)cc2)cc1. The van der Waals surface area contributed by atoms with Gasteiger partial charge in [0.2, 0.25) is 0 Å².